The molecule has 0 unspecified atom stereocenters. The maximum absolute atomic E-state index is 5.53. The average molecular weight is 222 g/mol. The Bertz CT molecular complexity index is 302. The first kappa shape index (κ1) is 13.0. The van der Waals surface area contributed by atoms with E-state index in [1.165, 1.54) is 5.56 Å². The van der Waals surface area contributed by atoms with Crippen molar-refractivity contribution in [2.24, 2.45) is 5.73 Å². The topological polar surface area (TPSA) is 38.5 Å². The molecule has 0 amide bonds. The van der Waals surface area contributed by atoms with Gasteiger partial charge in [0.25, 0.3) is 0 Å². The molecular formula is C13H22N2O. The van der Waals surface area contributed by atoms with Gasteiger partial charge in [0.2, 0.25) is 0 Å². The summed E-state index contributed by atoms with van der Waals surface area (Å²) in [4.78, 5) is 2.38. The molecule has 0 fully saturated rings. The van der Waals surface area contributed by atoms with Gasteiger partial charge in [0, 0.05) is 12.1 Å². The van der Waals surface area contributed by atoms with Gasteiger partial charge >= 0.3 is 0 Å². The average Bonchev–Trinajstić information content (AvgIpc) is 2.34. The number of para-hydroxylation sites is 1. The highest BCUT2D eigenvalue weighted by Gasteiger charge is 2.06. The van der Waals surface area contributed by atoms with E-state index in [2.05, 4.69) is 24.0 Å². The van der Waals surface area contributed by atoms with Crippen LogP contribution in [-0.2, 0) is 6.54 Å². The molecule has 0 spiro atoms. The molecule has 1 aromatic rings. The Kier molecular flexibility index (Phi) is 5.90. The largest absolute Gasteiger partial charge is 0.496 e. The zero-order chi connectivity index (χ0) is 11.8. The molecule has 3 heteroatoms. The lowest BCUT2D eigenvalue weighted by Gasteiger charge is -2.21. The van der Waals surface area contributed by atoms with Crippen LogP contribution in [0, 0.1) is 0 Å². The summed E-state index contributed by atoms with van der Waals surface area (Å²) in [6.07, 6.45) is 1.04. The number of nitrogens with zero attached hydrogens (tertiary/aromatic N) is 1. The molecule has 0 aromatic heterocycles. The van der Waals surface area contributed by atoms with Crippen molar-refractivity contribution in [3.05, 3.63) is 29.8 Å². The van der Waals surface area contributed by atoms with Gasteiger partial charge in [-0.05, 0) is 32.1 Å². The summed E-state index contributed by atoms with van der Waals surface area (Å²) in [5.41, 5.74) is 6.77. The summed E-state index contributed by atoms with van der Waals surface area (Å²) in [6, 6.07) is 8.17. The van der Waals surface area contributed by atoms with Gasteiger partial charge in [-0.2, -0.15) is 0 Å². The molecule has 0 aliphatic rings. The number of hydrogen-bond acceptors (Lipinski definition) is 3. The highest BCUT2D eigenvalue weighted by atomic mass is 16.5. The Morgan fingerprint density at radius 1 is 1.31 bits per heavy atom. The number of hydrogen-bond donors (Lipinski definition) is 1. The standard InChI is InChI=1S/C13H22N2O/c1-3-15(10-6-9-14)11-12-7-4-5-8-13(12)16-2/h4-5,7-8H,3,6,9-11,14H2,1-2H3. The van der Waals surface area contributed by atoms with E-state index in [9.17, 15) is 0 Å². The molecule has 90 valence electrons. The maximum Gasteiger partial charge on any atom is 0.123 e. The summed E-state index contributed by atoms with van der Waals surface area (Å²) < 4.78 is 5.34. The number of rotatable bonds is 7. The van der Waals surface area contributed by atoms with Crippen LogP contribution in [0.15, 0.2) is 24.3 Å². The molecule has 2 N–H and O–H groups in total. The Balaban J connectivity index is 2.62. The SMILES string of the molecule is CCN(CCCN)Cc1ccccc1OC. The lowest BCUT2D eigenvalue weighted by molar-refractivity contribution is 0.273. The molecule has 0 aliphatic carbocycles. The van der Waals surface area contributed by atoms with Gasteiger partial charge in [0.15, 0.2) is 0 Å². The van der Waals surface area contributed by atoms with Gasteiger partial charge in [-0.3, -0.25) is 4.90 Å². The fourth-order valence-corrected chi connectivity index (χ4v) is 1.74. The first-order valence-electron chi connectivity index (χ1n) is 5.86. The molecule has 0 bridgehead atoms. The molecule has 3 nitrogen and oxygen atoms in total. The first-order valence-corrected chi connectivity index (χ1v) is 5.86. The van der Waals surface area contributed by atoms with Crippen molar-refractivity contribution in [3.63, 3.8) is 0 Å². The van der Waals surface area contributed by atoms with Gasteiger partial charge in [-0.15, -0.1) is 0 Å². The number of benzene rings is 1. The quantitative estimate of drug-likeness (QED) is 0.765. The van der Waals surface area contributed by atoms with Gasteiger partial charge in [0.1, 0.15) is 5.75 Å². The van der Waals surface area contributed by atoms with E-state index in [-0.39, 0.29) is 0 Å². The molecular weight excluding hydrogens is 200 g/mol. The smallest absolute Gasteiger partial charge is 0.123 e. The van der Waals surface area contributed by atoms with Crippen molar-refractivity contribution in [3.8, 4) is 5.75 Å². The fraction of sp³-hybridized carbons (Fsp3) is 0.538. The first-order chi connectivity index (χ1) is 7.81. The third kappa shape index (κ3) is 3.83. The Morgan fingerprint density at radius 2 is 2.06 bits per heavy atom. The van der Waals surface area contributed by atoms with Crippen LogP contribution < -0.4 is 10.5 Å². The molecule has 0 heterocycles. The Hall–Kier alpha value is -1.06. The van der Waals surface area contributed by atoms with Crippen molar-refractivity contribution in [2.45, 2.75) is 19.9 Å². The van der Waals surface area contributed by atoms with Crippen LogP contribution in [0.5, 0.6) is 5.75 Å². The molecule has 0 saturated carbocycles. The summed E-state index contributed by atoms with van der Waals surface area (Å²) in [5.74, 6) is 0.966. The van der Waals surface area contributed by atoms with Crippen molar-refractivity contribution in [2.75, 3.05) is 26.7 Å². The highest BCUT2D eigenvalue weighted by Crippen LogP contribution is 2.19. The second-order valence-corrected chi connectivity index (χ2v) is 3.82. The molecule has 1 rings (SSSR count). The summed E-state index contributed by atoms with van der Waals surface area (Å²) >= 11 is 0. The lowest BCUT2D eigenvalue weighted by Crippen LogP contribution is -2.25. The molecule has 1 aromatic carbocycles. The van der Waals surface area contributed by atoms with Crippen LogP contribution in [0.3, 0.4) is 0 Å². The van der Waals surface area contributed by atoms with E-state index in [0.717, 1.165) is 38.3 Å². The van der Waals surface area contributed by atoms with E-state index < -0.39 is 0 Å². The van der Waals surface area contributed by atoms with E-state index in [4.69, 9.17) is 10.5 Å². The molecule has 0 radical (unpaired) electrons. The van der Waals surface area contributed by atoms with Crippen molar-refractivity contribution < 1.29 is 4.74 Å². The van der Waals surface area contributed by atoms with Crippen LogP contribution in [-0.4, -0.2) is 31.6 Å². The lowest BCUT2D eigenvalue weighted by atomic mass is 10.2. The second kappa shape index (κ2) is 7.25. The second-order valence-electron chi connectivity index (χ2n) is 3.82. The summed E-state index contributed by atoms with van der Waals surface area (Å²) in [5, 5.41) is 0. The summed E-state index contributed by atoms with van der Waals surface area (Å²) in [6.45, 7) is 5.94. The monoisotopic (exact) mass is 222 g/mol. The normalized spacial score (nSPS) is 10.8. The van der Waals surface area contributed by atoms with Crippen molar-refractivity contribution >= 4 is 0 Å². The minimum atomic E-state index is 0.752. The van der Waals surface area contributed by atoms with Crippen LogP contribution in [0.1, 0.15) is 18.9 Å². The fourth-order valence-electron chi connectivity index (χ4n) is 1.74. The van der Waals surface area contributed by atoms with E-state index >= 15 is 0 Å². The molecule has 0 saturated heterocycles. The van der Waals surface area contributed by atoms with Gasteiger partial charge in [0.05, 0.1) is 7.11 Å². The molecule has 16 heavy (non-hydrogen) atoms. The Morgan fingerprint density at radius 3 is 2.69 bits per heavy atom. The number of methoxy groups -OCH3 is 1. The van der Waals surface area contributed by atoms with Crippen LogP contribution in [0.25, 0.3) is 0 Å². The highest BCUT2D eigenvalue weighted by molar-refractivity contribution is 5.33. The summed E-state index contributed by atoms with van der Waals surface area (Å²) in [7, 11) is 1.72. The van der Waals surface area contributed by atoms with E-state index in [0.29, 0.717) is 0 Å². The zero-order valence-corrected chi connectivity index (χ0v) is 10.3. The van der Waals surface area contributed by atoms with E-state index in [1.54, 1.807) is 7.11 Å². The number of ether oxygens (including phenoxy) is 1. The number of nitrogens with two attached hydrogens (primary N) is 1. The predicted octanol–water partition coefficient (Wildman–Crippen LogP) is 1.87. The molecule has 0 aliphatic heterocycles. The van der Waals surface area contributed by atoms with E-state index in [1.807, 2.05) is 12.1 Å². The van der Waals surface area contributed by atoms with Crippen LogP contribution in [0.4, 0.5) is 0 Å². The van der Waals surface area contributed by atoms with Gasteiger partial charge in [-0.1, -0.05) is 25.1 Å². The molecule has 0 atom stereocenters. The minimum Gasteiger partial charge on any atom is -0.496 e. The Labute approximate surface area is 98.2 Å². The van der Waals surface area contributed by atoms with Crippen LogP contribution in [0.2, 0.25) is 0 Å². The van der Waals surface area contributed by atoms with Gasteiger partial charge < -0.3 is 10.5 Å². The van der Waals surface area contributed by atoms with Crippen molar-refractivity contribution in [1.82, 2.24) is 4.90 Å². The minimum absolute atomic E-state index is 0.752. The zero-order valence-electron chi connectivity index (χ0n) is 10.3. The third-order valence-electron chi connectivity index (χ3n) is 2.71. The third-order valence-corrected chi connectivity index (χ3v) is 2.71. The van der Waals surface area contributed by atoms with Gasteiger partial charge in [-0.25, -0.2) is 0 Å². The maximum atomic E-state index is 5.53. The van der Waals surface area contributed by atoms with Crippen LogP contribution >= 0.6 is 0 Å². The van der Waals surface area contributed by atoms with Crippen molar-refractivity contribution in [1.29, 1.82) is 0 Å². The predicted molar refractivity (Wildman–Crippen MR) is 67.6 cm³/mol.